The molecule has 29 heavy (non-hydrogen) atoms. The third-order valence-electron chi connectivity index (χ3n) is 6.32. The van der Waals surface area contributed by atoms with Gasteiger partial charge in [0.2, 0.25) is 5.91 Å². The molecule has 6 heteroatoms. The fourth-order valence-electron chi connectivity index (χ4n) is 4.70. The Morgan fingerprint density at radius 1 is 1.10 bits per heavy atom. The molecule has 4 atom stereocenters. The van der Waals surface area contributed by atoms with Crippen LogP contribution in [0, 0.1) is 17.8 Å². The SMILES string of the molecule is CC(C)(C)OC(=O)N1C[C@@H]2[C@H](C1)[C@H]2C(=O)NC(C)(C)C1CCc2ccccc2O1. The van der Waals surface area contributed by atoms with E-state index in [-0.39, 0.29) is 35.9 Å². The normalized spacial score (nSPS) is 28.1. The summed E-state index contributed by atoms with van der Waals surface area (Å²) in [6.07, 6.45) is 1.50. The van der Waals surface area contributed by atoms with Gasteiger partial charge in [-0.3, -0.25) is 4.79 Å². The van der Waals surface area contributed by atoms with Crippen LogP contribution in [0.1, 0.15) is 46.6 Å². The number of piperidine rings is 1. The second-order valence-electron chi connectivity index (χ2n) is 10.2. The molecule has 1 saturated heterocycles. The van der Waals surface area contributed by atoms with Crippen LogP contribution >= 0.6 is 0 Å². The lowest BCUT2D eigenvalue weighted by molar-refractivity contribution is -0.126. The van der Waals surface area contributed by atoms with E-state index in [1.165, 1.54) is 5.56 Å². The summed E-state index contributed by atoms with van der Waals surface area (Å²) in [6, 6.07) is 8.10. The summed E-state index contributed by atoms with van der Waals surface area (Å²) in [4.78, 5) is 26.9. The van der Waals surface area contributed by atoms with Gasteiger partial charge in [-0.05, 0) is 70.9 Å². The van der Waals surface area contributed by atoms with Crippen molar-refractivity contribution in [3.05, 3.63) is 29.8 Å². The molecule has 0 spiro atoms. The number of ether oxygens (including phenoxy) is 2. The number of benzene rings is 1. The molecule has 0 aromatic heterocycles. The van der Waals surface area contributed by atoms with Gasteiger partial charge in [0.15, 0.2) is 0 Å². The molecule has 1 aromatic carbocycles. The minimum atomic E-state index is -0.497. The van der Waals surface area contributed by atoms with Crippen molar-refractivity contribution in [1.82, 2.24) is 10.2 Å². The lowest BCUT2D eigenvalue weighted by Crippen LogP contribution is -2.56. The number of nitrogens with zero attached hydrogens (tertiary/aromatic N) is 1. The quantitative estimate of drug-likeness (QED) is 0.845. The Hall–Kier alpha value is -2.24. The van der Waals surface area contributed by atoms with Gasteiger partial charge in [-0.15, -0.1) is 0 Å². The zero-order chi connectivity index (χ0) is 21.0. The second kappa shape index (κ2) is 6.92. The molecule has 2 heterocycles. The minimum absolute atomic E-state index is 0.0103. The van der Waals surface area contributed by atoms with Gasteiger partial charge in [-0.1, -0.05) is 18.2 Å². The number of carbonyl (C=O) groups excluding carboxylic acids is 2. The first kappa shape index (κ1) is 20.0. The maximum atomic E-state index is 12.9. The third-order valence-corrected chi connectivity index (χ3v) is 6.32. The first-order valence-corrected chi connectivity index (χ1v) is 10.6. The average Bonchev–Trinajstić information content (AvgIpc) is 3.14. The van der Waals surface area contributed by atoms with Gasteiger partial charge in [-0.25, -0.2) is 4.79 Å². The van der Waals surface area contributed by atoms with Crippen molar-refractivity contribution in [1.29, 1.82) is 0 Å². The van der Waals surface area contributed by atoms with Crippen LogP contribution in [0.15, 0.2) is 24.3 Å². The third kappa shape index (κ3) is 4.07. The summed E-state index contributed by atoms with van der Waals surface area (Å²) in [5.74, 6) is 1.47. The molecule has 0 bridgehead atoms. The van der Waals surface area contributed by atoms with Gasteiger partial charge >= 0.3 is 6.09 Å². The molecule has 6 nitrogen and oxygen atoms in total. The van der Waals surface area contributed by atoms with Gasteiger partial charge in [0.1, 0.15) is 17.5 Å². The highest BCUT2D eigenvalue weighted by Gasteiger charge is 2.61. The van der Waals surface area contributed by atoms with Crippen LogP contribution in [0.5, 0.6) is 5.75 Å². The van der Waals surface area contributed by atoms with Crippen molar-refractivity contribution in [3.63, 3.8) is 0 Å². The Morgan fingerprint density at radius 3 is 2.41 bits per heavy atom. The van der Waals surface area contributed by atoms with Crippen LogP contribution in [-0.2, 0) is 16.0 Å². The lowest BCUT2D eigenvalue weighted by atomic mass is 9.89. The monoisotopic (exact) mass is 400 g/mol. The minimum Gasteiger partial charge on any atom is -0.488 e. The number of fused-ring (bicyclic) bond motifs is 2. The molecule has 0 radical (unpaired) electrons. The van der Waals surface area contributed by atoms with E-state index in [0.717, 1.165) is 18.6 Å². The molecule has 4 rings (SSSR count). The summed E-state index contributed by atoms with van der Waals surface area (Å²) < 4.78 is 11.6. The van der Waals surface area contributed by atoms with Crippen LogP contribution in [0.4, 0.5) is 4.79 Å². The highest BCUT2D eigenvalue weighted by atomic mass is 16.6. The largest absolute Gasteiger partial charge is 0.488 e. The lowest BCUT2D eigenvalue weighted by Gasteiger charge is -2.38. The predicted molar refractivity (Wildman–Crippen MR) is 110 cm³/mol. The number of amides is 2. The zero-order valence-electron chi connectivity index (χ0n) is 18.0. The maximum absolute atomic E-state index is 12.9. The van der Waals surface area contributed by atoms with E-state index < -0.39 is 11.1 Å². The first-order chi connectivity index (χ1) is 13.5. The number of likely N-dealkylation sites (tertiary alicyclic amines) is 1. The molecule has 2 aliphatic heterocycles. The maximum Gasteiger partial charge on any atom is 0.410 e. The molecule has 158 valence electrons. The van der Waals surface area contributed by atoms with E-state index in [0.29, 0.717) is 13.1 Å². The highest BCUT2D eigenvalue weighted by molar-refractivity contribution is 5.84. The first-order valence-electron chi connectivity index (χ1n) is 10.6. The average molecular weight is 401 g/mol. The Labute approximate surface area is 172 Å². The van der Waals surface area contributed by atoms with Gasteiger partial charge < -0.3 is 19.7 Å². The Bertz CT molecular complexity index is 801. The molecular weight excluding hydrogens is 368 g/mol. The van der Waals surface area contributed by atoms with Gasteiger partial charge in [0, 0.05) is 19.0 Å². The second-order valence-corrected chi connectivity index (χ2v) is 10.2. The van der Waals surface area contributed by atoms with Crippen LogP contribution in [0.2, 0.25) is 0 Å². The zero-order valence-corrected chi connectivity index (χ0v) is 18.0. The Balaban J connectivity index is 1.31. The Morgan fingerprint density at radius 2 is 1.76 bits per heavy atom. The topological polar surface area (TPSA) is 67.9 Å². The molecule has 1 N–H and O–H groups in total. The number of rotatable bonds is 3. The molecule has 2 fully saturated rings. The van der Waals surface area contributed by atoms with E-state index >= 15 is 0 Å². The van der Waals surface area contributed by atoms with Crippen molar-refractivity contribution in [3.8, 4) is 5.75 Å². The summed E-state index contributed by atoms with van der Waals surface area (Å²) in [6.45, 7) is 10.9. The standard InChI is InChI=1S/C23H32N2O4/c1-22(2,3)29-21(27)25-12-15-16(13-25)19(15)20(26)24-23(4,5)18-11-10-14-8-6-7-9-17(14)28-18/h6-9,15-16,18-19H,10-13H2,1-5H3,(H,24,26)/t15-,16+,18?,19+. The van der Waals surface area contributed by atoms with Crippen molar-refractivity contribution in [2.75, 3.05) is 13.1 Å². The number of para-hydroxylation sites is 1. The van der Waals surface area contributed by atoms with Gasteiger partial charge in [0.25, 0.3) is 0 Å². The summed E-state index contributed by atoms with van der Waals surface area (Å²) in [5.41, 5.74) is 0.278. The number of hydrogen-bond acceptors (Lipinski definition) is 4. The summed E-state index contributed by atoms with van der Waals surface area (Å²) in [7, 11) is 0. The van der Waals surface area contributed by atoms with Crippen LogP contribution < -0.4 is 10.1 Å². The van der Waals surface area contributed by atoms with Crippen molar-refractivity contribution in [2.45, 2.75) is 64.7 Å². The van der Waals surface area contributed by atoms with Crippen molar-refractivity contribution < 1.29 is 19.1 Å². The van der Waals surface area contributed by atoms with Crippen LogP contribution in [-0.4, -0.2) is 47.2 Å². The molecule has 1 aliphatic carbocycles. The number of hydrogen-bond donors (Lipinski definition) is 1. The Kier molecular flexibility index (Phi) is 4.79. The van der Waals surface area contributed by atoms with Gasteiger partial charge in [0.05, 0.1) is 5.54 Å². The van der Waals surface area contributed by atoms with Gasteiger partial charge in [-0.2, -0.15) is 0 Å². The summed E-state index contributed by atoms with van der Waals surface area (Å²) in [5, 5.41) is 3.23. The number of carbonyl (C=O) groups is 2. The molecule has 1 saturated carbocycles. The molecule has 1 aromatic rings. The van der Waals surface area contributed by atoms with E-state index in [2.05, 4.69) is 11.4 Å². The van der Waals surface area contributed by atoms with Crippen LogP contribution in [0.3, 0.4) is 0 Å². The number of aryl methyl sites for hydroxylation is 1. The fourth-order valence-corrected chi connectivity index (χ4v) is 4.70. The smallest absolute Gasteiger partial charge is 0.410 e. The predicted octanol–water partition coefficient (Wildman–Crippen LogP) is 3.39. The van der Waals surface area contributed by atoms with E-state index in [9.17, 15) is 9.59 Å². The fraction of sp³-hybridized carbons (Fsp3) is 0.652. The molecule has 1 unspecified atom stereocenters. The molecular formula is C23H32N2O4. The van der Waals surface area contributed by atoms with Crippen molar-refractivity contribution >= 4 is 12.0 Å². The molecule has 2 amide bonds. The van der Waals surface area contributed by atoms with E-state index in [1.54, 1.807) is 4.90 Å². The number of nitrogens with one attached hydrogen (secondary N) is 1. The summed E-state index contributed by atoms with van der Waals surface area (Å²) >= 11 is 0. The highest BCUT2D eigenvalue weighted by Crippen LogP contribution is 2.52. The van der Waals surface area contributed by atoms with Crippen molar-refractivity contribution in [2.24, 2.45) is 17.8 Å². The van der Waals surface area contributed by atoms with E-state index in [4.69, 9.17) is 9.47 Å². The molecule has 3 aliphatic rings. The van der Waals surface area contributed by atoms with Crippen LogP contribution in [0.25, 0.3) is 0 Å². The van der Waals surface area contributed by atoms with E-state index in [1.807, 2.05) is 52.8 Å².